The summed E-state index contributed by atoms with van der Waals surface area (Å²) in [4.78, 5) is 10.6. The van der Waals surface area contributed by atoms with E-state index >= 15 is 0 Å². The summed E-state index contributed by atoms with van der Waals surface area (Å²) in [5, 5.41) is 6.86. The number of nitrogens with one attached hydrogen (secondary N) is 1. The van der Waals surface area contributed by atoms with Crippen molar-refractivity contribution in [3.8, 4) is 0 Å². The van der Waals surface area contributed by atoms with Gasteiger partial charge in [0.2, 0.25) is 5.91 Å². The number of amides is 1. The number of carbonyl (C=O) groups excluding carboxylic acids is 1. The Morgan fingerprint density at radius 2 is 2.33 bits per heavy atom. The lowest BCUT2D eigenvalue weighted by Crippen LogP contribution is -2.29. The normalized spacial score (nSPS) is 17.9. The Labute approximate surface area is 72.8 Å². The SMILES string of the molecule is CC(=O)NCC1=CN(C)N(C)C1. The molecular weight excluding hydrogens is 154 g/mol. The molecule has 0 aliphatic carbocycles. The van der Waals surface area contributed by atoms with E-state index in [2.05, 4.69) is 10.3 Å². The van der Waals surface area contributed by atoms with E-state index < -0.39 is 0 Å². The molecule has 12 heavy (non-hydrogen) atoms. The fourth-order valence-corrected chi connectivity index (χ4v) is 1.15. The van der Waals surface area contributed by atoms with E-state index in [4.69, 9.17) is 0 Å². The maximum atomic E-state index is 10.6. The van der Waals surface area contributed by atoms with Gasteiger partial charge in [0.25, 0.3) is 0 Å². The van der Waals surface area contributed by atoms with Crippen molar-refractivity contribution in [2.45, 2.75) is 6.92 Å². The first-order valence-corrected chi connectivity index (χ1v) is 3.97. The highest BCUT2D eigenvalue weighted by atomic mass is 16.1. The zero-order valence-corrected chi connectivity index (χ0v) is 7.79. The number of hydrazine groups is 1. The van der Waals surface area contributed by atoms with Crippen LogP contribution in [0.3, 0.4) is 0 Å². The fourth-order valence-electron chi connectivity index (χ4n) is 1.15. The van der Waals surface area contributed by atoms with Crippen molar-refractivity contribution in [1.29, 1.82) is 0 Å². The van der Waals surface area contributed by atoms with Crippen LogP contribution in [0.5, 0.6) is 0 Å². The van der Waals surface area contributed by atoms with Gasteiger partial charge in [0.15, 0.2) is 0 Å². The Bertz CT molecular complexity index is 212. The zero-order valence-electron chi connectivity index (χ0n) is 7.79. The van der Waals surface area contributed by atoms with Gasteiger partial charge in [-0.15, -0.1) is 0 Å². The standard InChI is InChI=1S/C8H15N3O/c1-7(12)9-4-8-5-10(2)11(3)6-8/h5H,4,6H2,1-3H3,(H,9,12). The Kier molecular flexibility index (Phi) is 2.70. The van der Waals surface area contributed by atoms with Crippen molar-refractivity contribution in [2.24, 2.45) is 0 Å². The van der Waals surface area contributed by atoms with Crippen molar-refractivity contribution in [3.05, 3.63) is 11.8 Å². The summed E-state index contributed by atoms with van der Waals surface area (Å²) in [5.41, 5.74) is 1.23. The highest BCUT2D eigenvalue weighted by Crippen LogP contribution is 2.08. The number of carbonyl (C=O) groups is 1. The quantitative estimate of drug-likeness (QED) is 0.621. The highest BCUT2D eigenvalue weighted by Gasteiger charge is 2.13. The molecule has 4 nitrogen and oxygen atoms in total. The van der Waals surface area contributed by atoms with Crippen LogP contribution in [-0.4, -0.2) is 43.1 Å². The summed E-state index contributed by atoms with van der Waals surface area (Å²) in [6.07, 6.45) is 2.04. The molecule has 1 heterocycles. The van der Waals surface area contributed by atoms with Gasteiger partial charge < -0.3 is 10.3 Å². The molecule has 0 unspecified atom stereocenters. The molecule has 1 N–H and O–H groups in total. The second-order valence-corrected chi connectivity index (χ2v) is 3.09. The van der Waals surface area contributed by atoms with Crippen LogP contribution in [0.15, 0.2) is 11.8 Å². The minimum Gasteiger partial charge on any atom is -0.352 e. The smallest absolute Gasteiger partial charge is 0.217 e. The predicted octanol–water partition coefficient (Wildman–Crippen LogP) is -0.201. The van der Waals surface area contributed by atoms with Crippen LogP contribution in [0, 0.1) is 0 Å². The monoisotopic (exact) mass is 169 g/mol. The summed E-state index contributed by atoms with van der Waals surface area (Å²) in [6, 6.07) is 0. The van der Waals surface area contributed by atoms with Gasteiger partial charge in [-0.05, 0) is 5.57 Å². The molecule has 0 bridgehead atoms. The number of hydrogen-bond acceptors (Lipinski definition) is 3. The molecule has 1 amide bonds. The Balaban J connectivity index is 2.35. The van der Waals surface area contributed by atoms with E-state index in [-0.39, 0.29) is 5.91 Å². The third-order valence-corrected chi connectivity index (χ3v) is 1.90. The van der Waals surface area contributed by atoms with Crippen molar-refractivity contribution >= 4 is 5.91 Å². The van der Waals surface area contributed by atoms with Crippen LogP contribution in [0.25, 0.3) is 0 Å². The molecule has 1 rings (SSSR count). The molecule has 0 atom stereocenters. The van der Waals surface area contributed by atoms with Crippen LogP contribution in [0.4, 0.5) is 0 Å². The summed E-state index contributed by atoms with van der Waals surface area (Å²) in [6.45, 7) is 3.09. The van der Waals surface area contributed by atoms with Gasteiger partial charge in [-0.3, -0.25) is 4.79 Å². The first-order valence-electron chi connectivity index (χ1n) is 3.97. The van der Waals surface area contributed by atoms with E-state index in [0.717, 1.165) is 6.54 Å². The lowest BCUT2D eigenvalue weighted by Gasteiger charge is -2.18. The van der Waals surface area contributed by atoms with Gasteiger partial charge >= 0.3 is 0 Å². The van der Waals surface area contributed by atoms with Gasteiger partial charge in [-0.2, -0.15) is 0 Å². The number of likely N-dealkylation sites (N-methyl/N-ethyl adjacent to an activating group) is 1. The molecule has 0 saturated heterocycles. The third kappa shape index (κ3) is 2.23. The molecule has 0 aromatic rings. The molecule has 0 saturated carbocycles. The molecule has 0 radical (unpaired) electrons. The topological polar surface area (TPSA) is 35.6 Å². The van der Waals surface area contributed by atoms with Crippen LogP contribution < -0.4 is 5.32 Å². The van der Waals surface area contributed by atoms with Gasteiger partial charge in [0, 0.05) is 40.3 Å². The summed E-state index contributed by atoms with van der Waals surface area (Å²) in [5.74, 6) is 0.0214. The van der Waals surface area contributed by atoms with Crippen LogP contribution >= 0.6 is 0 Å². The molecule has 0 aromatic carbocycles. The molecular formula is C8H15N3O. The molecule has 1 aliphatic heterocycles. The van der Waals surface area contributed by atoms with Crippen LogP contribution in [0.2, 0.25) is 0 Å². The van der Waals surface area contributed by atoms with Crippen molar-refractivity contribution < 1.29 is 4.79 Å². The number of rotatable bonds is 2. The molecule has 1 aliphatic rings. The highest BCUT2D eigenvalue weighted by molar-refractivity contribution is 5.73. The molecule has 0 fully saturated rings. The first-order chi connectivity index (χ1) is 5.59. The second kappa shape index (κ2) is 3.58. The largest absolute Gasteiger partial charge is 0.352 e. The maximum Gasteiger partial charge on any atom is 0.217 e. The average molecular weight is 169 g/mol. The minimum atomic E-state index is 0.0214. The van der Waals surface area contributed by atoms with Crippen LogP contribution in [0.1, 0.15) is 6.92 Å². The maximum absolute atomic E-state index is 10.6. The molecule has 68 valence electrons. The zero-order chi connectivity index (χ0) is 9.14. The lowest BCUT2D eigenvalue weighted by atomic mass is 10.3. The van der Waals surface area contributed by atoms with Crippen LogP contribution in [-0.2, 0) is 4.79 Å². The van der Waals surface area contributed by atoms with E-state index in [1.807, 2.05) is 25.3 Å². The molecule has 0 aromatic heterocycles. The van der Waals surface area contributed by atoms with Crippen molar-refractivity contribution in [1.82, 2.24) is 15.3 Å². The summed E-state index contributed by atoms with van der Waals surface area (Å²) in [7, 11) is 4.00. The third-order valence-electron chi connectivity index (χ3n) is 1.90. The van der Waals surface area contributed by atoms with E-state index in [0.29, 0.717) is 6.54 Å². The fraction of sp³-hybridized carbons (Fsp3) is 0.625. The van der Waals surface area contributed by atoms with E-state index in [1.54, 1.807) is 0 Å². The average Bonchev–Trinajstić information content (AvgIpc) is 2.28. The Morgan fingerprint density at radius 3 is 2.75 bits per heavy atom. The minimum absolute atomic E-state index is 0.0214. The van der Waals surface area contributed by atoms with Gasteiger partial charge in [-0.25, -0.2) is 5.01 Å². The van der Waals surface area contributed by atoms with E-state index in [9.17, 15) is 4.79 Å². The number of nitrogens with zero attached hydrogens (tertiary/aromatic N) is 2. The molecule has 4 heteroatoms. The predicted molar refractivity (Wildman–Crippen MR) is 47.2 cm³/mol. The first kappa shape index (κ1) is 9.06. The summed E-state index contributed by atoms with van der Waals surface area (Å²) < 4.78 is 0. The molecule has 0 spiro atoms. The lowest BCUT2D eigenvalue weighted by molar-refractivity contribution is -0.118. The summed E-state index contributed by atoms with van der Waals surface area (Å²) >= 11 is 0. The van der Waals surface area contributed by atoms with Gasteiger partial charge in [0.1, 0.15) is 0 Å². The Morgan fingerprint density at radius 1 is 1.67 bits per heavy atom. The Hall–Kier alpha value is -1.03. The van der Waals surface area contributed by atoms with Gasteiger partial charge in [0.05, 0.1) is 0 Å². The van der Waals surface area contributed by atoms with Crippen molar-refractivity contribution in [2.75, 3.05) is 27.2 Å². The van der Waals surface area contributed by atoms with Crippen molar-refractivity contribution in [3.63, 3.8) is 0 Å². The number of hydrogen-bond donors (Lipinski definition) is 1. The van der Waals surface area contributed by atoms with E-state index in [1.165, 1.54) is 12.5 Å². The second-order valence-electron chi connectivity index (χ2n) is 3.09. The van der Waals surface area contributed by atoms with Gasteiger partial charge in [-0.1, -0.05) is 0 Å².